The SMILES string of the molecule is COCCn1c(=NC(=O)c2ccc(S(=O)(=O)N3C[C@@H](C)O[C@H](C)C3)cc2)sc2c(C)cc(C)cc21. The average molecular weight is 518 g/mol. The van der Waals surface area contributed by atoms with Gasteiger partial charge in [-0.2, -0.15) is 9.30 Å². The zero-order valence-electron chi connectivity index (χ0n) is 20.6. The zero-order chi connectivity index (χ0) is 25.3. The van der Waals surface area contributed by atoms with Crippen LogP contribution in [0, 0.1) is 13.8 Å². The van der Waals surface area contributed by atoms with E-state index in [1.165, 1.54) is 39.9 Å². The van der Waals surface area contributed by atoms with Crippen molar-refractivity contribution in [2.24, 2.45) is 4.99 Å². The van der Waals surface area contributed by atoms with Gasteiger partial charge in [-0.05, 0) is 69.2 Å². The molecule has 188 valence electrons. The van der Waals surface area contributed by atoms with Gasteiger partial charge in [0.15, 0.2) is 4.80 Å². The van der Waals surface area contributed by atoms with Gasteiger partial charge in [-0.15, -0.1) is 0 Å². The highest BCUT2D eigenvalue weighted by Gasteiger charge is 2.32. The molecule has 0 unspecified atom stereocenters. The Balaban J connectivity index is 1.65. The molecule has 1 aliphatic rings. The molecule has 0 bridgehead atoms. The molecule has 8 nitrogen and oxygen atoms in total. The first-order valence-corrected chi connectivity index (χ1v) is 13.8. The Labute approximate surface area is 209 Å². The number of aromatic nitrogens is 1. The first kappa shape index (κ1) is 25.7. The van der Waals surface area contributed by atoms with Crippen molar-refractivity contribution in [3.8, 4) is 0 Å². The van der Waals surface area contributed by atoms with Gasteiger partial charge in [-0.1, -0.05) is 17.4 Å². The van der Waals surface area contributed by atoms with E-state index in [1.54, 1.807) is 7.11 Å². The third-order valence-corrected chi connectivity index (χ3v) is 9.03. The number of benzene rings is 2. The number of amides is 1. The topological polar surface area (TPSA) is 90.2 Å². The molecule has 1 amide bonds. The minimum Gasteiger partial charge on any atom is -0.383 e. The van der Waals surface area contributed by atoms with Crippen LogP contribution >= 0.6 is 11.3 Å². The highest BCUT2D eigenvalue weighted by atomic mass is 32.2. The Hall–Kier alpha value is -2.37. The van der Waals surface area contributed by atoms with Gasteiger partial charge in [-0.3, -0.25) is 4.79 Å². The second-order valence-electron chi connectivity index (χ2n) is 8.98. The summed E-state index contributed by atoms with van der Waals surface area (Å²) in [5.74, 6) is -0.422. The fourth-order valence-electron chi connectivity index (χ4n) is 4.39. The normalized spacial score (nSPS) is 20.0. The van der Waals surface area contributed by atoms with E-state index in [1.807, 2.05) is 32.3 Å². The molecule has 0 N–H and O–H groups in total. The molecule has 4 rings (SSSR count). The van der Waals surface area contributed by atoms with Crippen LogP contribution in [0.2, 0.25) is 0 Å². The van der Waals surface area contributed by atoms with E-state index in [4.69, 9.17) is 9.47 Å². The molecule has 2 aromatic carbocycles. The van der Waals surface area contributed by atoms with Crippen molar-refractivity contribution in [1.29, 1.82) is 0 Å². The molecule has 1 aromatic heterocycles. The van der Waals surface area contributed by atoms with Gasteiger partial charge >= 0.3 is 0 Å². The molecule has 10 heteroatoms. The number of methoxy groups -OCH3 is 1. The summed E-state index contributed by atoms with van der Waals surface area (Å²) in [7, 11) is -2.04. The number of thiazole rings is 1. The van der Waals surface area contributed by atoms with Crippen molar-refractivity contribution in [3.63, 3.8) is 0 Å². The van der Waals surface area contributed by atoms with Crippen LogP contribution in [-0.2, 0) is 26.0 Å². The lowest BCUT2D eigenvalue weighted by atomic mass is 10.1. The van der Waals surface area contributed by atoms with E-state index < -0.39 is 15.9 Å². The largest absolute Gasteiger partial charge is 0.383 e. The number of nitrogens with zero attached hydrogens (tertiary/aromatic N) is 3. The molecule has 2 atom stereocenters. The fraction of sp³-hybridized carbons (Fsp3) is 0.440. The maximum atomic E-state index is 13.1. The molecule has 35 heavy (non-hydrogen) atoms. The van der Waals surface area contributed by atoms with Crippen molar-refractivity contribution < 1.29 is 22.7 Å². The number of fused-ring (bicyclic) bond motifs is 1. The Morgan fingerprint density at radius 1 is 1.14 bits per heavy atom. The molecular weight excluding hydrogens is 486 g/mol. The third kappa shape index (κ3) is 5.41. The van der Waals surface area contributed by atoms with Crippen LogP contribution in [0.15, 0.2) is 46.3 Å². The summed E-state index contributed by atoms with van der Waals surface area (Å²) in [4.78, 5) is 18.2. The number of carbonyl (C=O) groups excluding carboxylic acids is 1. The second kappa shape index (κ2) is 10.3. The number of aryl methyl sites for hydroxylation is 2. The smallest absolute Gasteiger partial charge is 0.279 e. The monoisotopic (exact) mass is 517 g/mol. The maximum Gasteiger partial charge on any atom is 0.279 e. The van der Waals surface area contributed by atoms with E-state index >= 15 is 0 Å². The van der Waals surface area contributed by atoms with E-state index in [2.05, 4.69) is 17.1 Å². The molecule has 1 saturated heterocycles. The van der Waals surface area contributed by atoms with Crippen LogP contribution < -0.4 is 4.80 Å². The number of ether oxygens (including phenoxy) is 2. The summed E-state index contributed by atoms with van der Waals surface area (Å²) in [6, 6.07) is 10.2. The lowest BCUT2D eigenvalue weighted by molar-refractivity contribution is -0.0440. The van der Waals surface area contributed by atoms with Gasteiger partial charge in [0, 0.05) is 32.3 Å². The predicted molar refractivity (Wildman–Crippen MR) is 136 cm³/mol. The number of rotatable bonds is 6. The molecule has 0 aliphatic carbocycles. The molecule has 2 heterocycles. The number of morpholine rings is 1. The van der Waals surface area contributed by atoms with Gasteiger partial charge in [-0.25, -0.2) is 8.42 Å². The van der Waals surface area contributed by atoms with Crippen LogP contribution in [0.3, 0.4) is 0 Å². The third-order valence-electron chi connectivity index (χ3n) is 5.96. The van der Waals surface area contributed by atoms with Gasteiger partial charge in [0.05, 0.1) is 33.9 Å². The minimum absolute atomic E-state index is 0.151. The number of carbonyl (C=O) groups is 1. The summed E-state index contributed by atoms with van der Waals surface area (Å²) < 4.78 is 41.6. The van der Waals surface area contributed by atoms with E-state index in [9.17, 15) is 13.2 Å². The second-order valence-corrected chi connectivity index (χ2v) is 11.9. The summed E-state index contributed by atoms with van der Waals surface area (Å²) in [5, 5.41) is 0. The predicted octanol–water partition coefficient (Wildman–Crippen LogP) is 3.51. The van der Waals surface area contributed by atoms with Gasteiger partial charge < -0.3 is 14.0 Å². The van der Waals surface area contributed by atoms with Crippen molar-refractivity contribution in [2.45, 2.75) is 51.3 Å². The summed E-state index contributed by atoms with van der Waals surface area (Å²) in [6.45, 7) is 9.47. The van der Waals surface area contributed by atoms with Crippen LogP contribution in [0.5, 0.6) is 0 Å². The minimum atomic E-state index is -3.68. The van der Waals surface area contributed by atoms with E-state index in [0.717, 1.165) is 21.3 Å². The molecule has 0 saturated carbocycles. The number of sulfonamides is 1. The molecule has 1 fully saturated rings. The van der Waals surface area contributed by atoms with Crippen molar-refractivity contribution in [3.05, 3.63) is 57.9 Å². The maximum absolute atomic E-state index is 13.1. The molecule has 1 aliphatic heterocycles. The Morgan fingerprint density at radius 2 is 1.80 bits per heavy atom. The molecule has 0 radical (unpaired) electrons. The first-order valence-electron chi connectivity index (χ1n) is 11.5. The standard InChI is InChI=1S/C25H31N3O5S2/c1-16-12-17(2)23-22(13-16)28(10-11-32-5)25(34-23)26-24(29)20-6-8-21(9-7-20)35(30,31)27-14-18(3)33-19(4)15-27/h6-9,12-13,18-19H,10-11,14-15H2,1-5H3/t18-,19-/m1/s1. The van der Waals surface area contributed by atoms with Crippen molar-refractivity contribution in [1.82, 2.24) is 8.87 Å². The van der Waals surface area contributed by atoms with Crippen LogP contribution in [-0.4, -0.2) is 62.2 Å². The number of hydrogen-bond acceptors (Lipinski definition) is 6. The zero-order valence-corrected chi connectivity index (χ0v) is 22.3. The lowest BCUT2D eigenvalue weighted by Gasteiger charge is -2.34. The Bertz CT molecular complexity index is 1400. The summed E-state index contributed by atoms with van der Waals surface area (Å²) in [6.07, 6.45) is -0.349. The van der Waals surface area contributed by atoms with Gasteiger partial charge in [0.1, 0.15) is 0 Å². The van der Waals surface area contributed by atoms with Gasteiger partial charge in [0.2, 0.25) is 10.0 Å². The van der Waals surface area contributed by atoms with Crippen LogP contribution in [0.25, 0.3) is 10.2 Å². The van der Waals surface area contributed by atoms with Gasteiger partial charge in [0.25, 0.3) is 5.91 Å². The van der Waals surface area contributed by atoms with Crippen molar-refractivity contribution in [2.75, 3.05) is 26.8 Å². The van der Waals surface area contributed by atoms with E-state index in [0.29, 0.717) is 36.6 Å². The first-order chi connectivity index (χ1) is 16.6. The van der Waals surface area contributed by atoms with Crippen molar-refractivity contribution >= 4 is 37.5 Å². The molecular formula is C25H31N3O5S2. The van der Waals surface area contributed by atoms with Crippen LogP contribution in [0.1, 0.15) is 35.3 Å². The summed E-state index contributed by atoms with van der Waals surface area (Å²) in [5.41, 5.74) is 3.62. The highest BCUT2D eigenvalue weighted by Crippen LogP contribution is 2.24. The Kier molecular flexibility index (Phi) is 7.58. The average Bonchev–Trinajstić information content (AvgIpc) is 3.14. The highest BCUT2D eigenvalue weighted by molar-refractivity contribution is 7.89. The van der Waals surface area contributed by atoms with Crippen LogP contribution in [0.4, 0.5) is 0 Å². The number of hydrogen-bond donors (Lipinski definition) is 0. The lowest BCUT2D eigenvalue weighted by Crippen LogP contribution is -2.48. The summed E-state index contributed by atoms with van der Waals surface area (Å²) >= 11 is 1.46. The molecule has 0 spiro atoms. The quantitative estimate of drug-likeness (QED) is 0.499. The molecule has 3 aromatic rings. The van der Waals surface area contributed by atoms with E-state index in [-0.39, 0.29) is 17.1 Å². The fourth-order valence-corrected chi connectivity index (χ4v) is 7.09. The Morgan fingerprint density at radius 3 is 2.43 bits per heavy atom.